The third kappa shape index (κ3) is 1.92. The fourth-order valence-electron chi connectivity index (χ4n) is 2.61. The van der Waals surface area contributed by atoms with Crippen LogP contribution in [0.15, 0.2) is 47.5 Å². The van der Waals surface area contributed by atoms with E-state index in [9.17, 15) is 4.39 Å². The first-order chi connectivity index (χ1) is 10.6. The number of nitrogens with two attached hydrogens (primary N) is 1. The highest BCUT2D eigenvalue weighted by Gasteiger charge is 2.25. The van der Waals surface area contributed by atoms with E-state index in [2.05, 4.69) is 15.3 Å². The molecule has 1 aliphatic heterocycles. The summed E-state index contributed by atoms with van der Waals surface area (Å²) in [7, 11) is 0. The molecule has 1 aromatic heterocycles. The molecule has 1 aliphatic rings. The summed E-state index contributed by atoms with van der Waals surface area (Å²) < 4.78 is 15.3. The molecule has 0 amide bonds. The molecule has 2 heterocycles. The number of para-hydroxylation sites is 2. The summed E-state index contributed by atoms with van der Waals surface area (Å²) in [5.41, 5.74) is 8.32. The van der Waals surface area contributed by atoms with Gasteiger partial charge in [-0.1, -0.05) is 29.8 Å². The number of hydrogen-bond acceptors (Lipinski definition) is 4. The van der Waals surface area contributed by atoms with Gasteiger partial charge in [0.1, 0.15) is 5.82 Å². The molecule has 110 valence electrons. The molecule has 3 N–H and O–H groups in total. The summed E-state index contributed by atoms with van der Waals surface area (Å²) in [4.78, 5) is 8.92. The number of anilines is 1. The van der Waals surface area contributed by atoms with Crippen LogP contribution in [-0.2, 0) is 0 Å². The largest absolute Gasteiger partial charge is 0.370 e. The summed E-state index contributed by atoms with van der Waals surface area (Å²) in [6, 6.07) is 12.2. The molecular weight excluding hydrogens is 305 g/mol. The van der Waals surface area contributed by atoms with Gasteiger partial charge in [0.2, 0.25) is 5.95 Å². The molecule has 0 saturated carbocycles. The Kier molecular flexibility index (Phi) is 2.80. The van der Waals surface area contributed by atoms with Gasteiger partial charge < -0.3 is 5.73 Å². The van der Waals surface area contributed by atoms with E-state index in [4.69, 9.17) is 17.3 Å². The van der Waals surface area contributed by atoms with Gasteiger partial charge in [-0.25, -0.2) is 14.4 Å². The predicted molar refractivity (Wildman–Crippen MR) is 84.5 cm³/mol. The van der Waals surface area contributed by atoms with Crippen molar-refractivity contribution in [1.82, 2.24) is 9.55 Å². The van der Waals surface area contributed by atoms with Gasteiger partial charge in [-0.15, -0.1) is 0 Å². The fraction of sp³-hybridized carbons (Fsp3) is 0.0667. The number of hydrogen-bond donors (Lipinski definition) is 2. The topological polar surface area (TPSA) is 68.2 Å². The van der Waals surface area contributed by atoms with Gasteiger partial charge in [-0.2, -0.15) is 0 Å². The van der Waals surface area contributed by atoms with Crippen molar-refractivity contribution in [2.45, 2.75) is 6.17 Å². The van der Waals surface area contributed by atoms with Crippen molar-refractivity contribution >= 4 is 34.5 Å². The van der Waals surface area contributed by atoms with E-state index in [-0.39, 0.29) is 11.0 Å². The zero-order chi connectivity index (χ0) is 15.3. The van der Waals surface area contributed by atoms with Gasteiger partial charge in [-0.3, -0.25) is 9.88 Å². The minimum atomic E-state index is -0.466. The van der Waals surface area contributed by atoms with E-state index in [0.29, 0.717) is 5.95 Å². The zero-order valence-electron chi connectivity index (χ0n) is 11.3. The molecule has 22 heavy (non-hydrogen) atoms. The minimum Gasteiger partial charge on any atom is -0.370 e. The number of halogens is 2. The lowest BCUT2D eigenvalue weighted by Crippen LogP contribution is -2.31. The molecular formula is C15H11ClFN5. The van der Waals surface area contributed by atoms with Crippen LogP contribution >= 0.6 is 11.6 Å². The Morgan fingerprint density at radius 2 is 2.05 bits per heavy atom. The standard InChI is InChI=1S/C15H11ClFN5/c16-9-7-8(5-6-10(9)17)13-20-14(18)21-15-19-11-3-1-2-4-12(11)22(13)15/h1-7,13H,(H3,18,19,20,21). The Hall–Kier alpha value is -2.60. The van der Waals surface area contributed by atoms with Crippen molar-refractivity contribution in [3.8, 4) is 0 Å². The van der Waals surface area contributed by atoms with Crippen LogP contribution in [0, 0.1) is 5.82 Å². The molecule has 3 aromatic rings. The SMILES string of the molecule is NC1=NC(c2ccc(F)c(Cl)c2)n2c(nc3ccccc32)N1. The molecule has 0 spiro atoms. The fourth-order valence-corrected chi connectivity index (χ4v) is 2.80. The normalized spacial score (nSPS) is 17.0. The highest BCUT2D eigenvalue weighted by atomic mass is 35.5. The summed E-state index contributed by atoms with van der Waals surface area (Å²) in [6.45, 7) is 0. The van der Waals surface area contributed by atoms with Crippen LogP contribution in [0.5, 0.6) is 0 Å². The van der Waals surface area contributed by atoms with Gasteiger partial charge in [0.05, 0.1) is 16.1 Å². The van der Waals surface area contributed by atoms with E-state index in [1.807, 2.05) is 28.8 Å². The number of rotatable bonds is 1. The number of aromatic nitrogens is 2. The van der Waals surface area contributed by atoms with E-state index in [1.165, 1.54) is 6.07 Å². The first-order valence-electron chi connectivity index (χ1n) is 6.66. The second-order valence-corrected chi connectivity index (χ2v) is 5.39. The lowest BCUT2D eigenvalue weighted by Gasteiger charge is -2.24. The molecule has 2 aromatic carbocycles. The zero-order valence-corrected chi connectivity index (χ0v) is 12.0. The molecule has 5 nitrogen and oxygen atoms in total. The molecule has 0 aliphatic carbocycles. The van der Waals surface area contributed by atoms with Crippen LogP contribution in [-0.4, -0.2) is 15.5 Å². The van der Waals surface area contributed by atoms with Crippen molar-refractivity contribution in [2.75, 3.05) is 5.32 Å². The number of guanidine groups is 1. The van der Waals surface area contributed by atoms with Gasteiger partial charge in [0, 0.05) is 0 Å². The van der Waals surface area contributed by atoms with E-state index in [1.54, 1.807) is 12.1 Å². The van der Waals surface area contributed by atoms with Crippen LogP contribution in [0.3, 0.4) is 0 Å². The van der Waals surface area contributed by atoms with Crippen molar-refractivity contribution in [1.29, 1.82) is 0 Å². The number of imidazole rings is 1. The molecule has 1 unspecified atom stereocenters. The Balaban J connectivity index is 1.96. The monoisotopic (exact) mass is 315 g/mol. The molecule has 0 radical (unpaired) electrons. The van der Waals surface area contributed by atoms with Crippen LogP contribution < -0.4 is 11.1 Å². The van der Waals surface area contributed by atoms with Gasteiger partial charge in [0.15, 0.2) is 12.1 Å². The average Bonchev–Trinajstić information content (AvgIpc) is 2.87. The summed E-state index contributed by atoms with van der Waals surface area (Å²) in [6.07, 6.45) is -0.443. The Labute approximate surface area is 130 Å². The van der Waals surface area contributed by atoms with E-state index >= 15 is 0 Å². The highest BCUT2D eigenvalue weighted by molar-refractivity contribution is 6.30. The Morgan fingerprint density at radius 1 is 1.23 bits per heavy atom. The van der Waals surface area contributed by atoms with Crippen LogP contribution in [0.25, 0.3) is 11.0 Å². The third-order valence-corrected chi connectivity index (χ3v) is 3.87. The van der Waals surface area contributed by atoms with Crippen molar-refractivity contribution < 1.29 is 4.39 Å². The number of fused-ring (bicyclic) bond motifs is 3. The smallest absolute Gasteiger partial charge is 0.212 e. The number of nitrogens with one attached hydrogen (secondary N) is 1. The third-order valence-electron chi connectivity index (χ3n) is 3.58. The first kappa shape index (κ1) is 13.1. The van der Waals surface area contributed by atoms with Crippen molar-refractivity contribution in [3.05, 3.63) is 58.9 Å². The summed E-state index contributed by atoms with van der Waals surface area (Å²) in [5, 5.41) is 3.00. The maximum absolute atomic E-state index is 13.4. The van der Waals surface area contributed by atoms with E-state index < -0.39 is 12.0 Å². The average molecular weight is 316 g/mol. The quantitative estimate of drug-likeness (QED) is 0.725. The van der Waals surface area contributed by atoms with Gasteiger partial charge in [0.25, 0.3) is 0 Å². The van der Waals surface area contributed by atoms with Gasteiger partial charge >= 0.3 is 0 Å². The number of nitrogens with zero attached hydrogens (tertiary/aromatic N) is 3. The number of aliphatic imine (C=N–C) groups is 1. The van der Waals surface area contributed by atoms with Crippen molar-refractivity contribution in [2.24, 2.45) is 10.7 Å². The summed E-state index contributed by atoms with van der Waals surface area (Å²) >= 11 is 5.89. The van der Waals surface area contributed by atoms with Crippen molar-refractivity contribution in [3.63, 3.8) is 0 Å². The maximum atomic E-state index is 13.4. The molecule has 7 heteroatoms. The highest BCUT2D eigenvalue weighted by Crippen LogP contribution is 2.33. The van der Waals surface area contributed by atoms with Crippen LogP contribution in [0.1, 0.15) is 11.7 Å². The summed E-state index contributed by atoms with van der Waals surface area (Å²) in [5.74, 6) is 0.388. The lowest BCUT2D eigenvalue weighted by atomic mass is 10.1. The van der Waals surface area contributed by atoms with E-state index in [0.717, 1.165) is 16.6 Å². The Bertz CT molecular complexity index is 917. The Morgan fingerprint density at radius 3 is 2.86 bits per heavy atom. The molecule has 0 bridgehead atoms. The molecule has 4 rings (SSSR count). The van der Waals surface area contributed by atoms with Crippen LogP contribution in [0.4, 0.5) is 10.3 Å². The second-order valence-electron chi connectivity index (χ2n) is 4.98. The minimum absolute atomic E-state index is 0.0516. The predicted octanol–water partition coefficient (Wildman–Crippen LogP) is 3.12. The maximum Gasteiger partial charge on any atom is 0.212 e. The first-order valence-corrected chi connectivity index (χ1v) is 7.03. The lowest BCUT2D eigenvalue weighted by molar-refractivity contribution is 0.610. The molecule has 0 fully saturated rings. The number of benzene rings is 2. The van der Waals surface area contributed by atoms with Crippen LogP contribution in [0.2, 0.25) is 5.02 Å². The molecule has 0 saturated heterocycles. The van der Waals surface area contributed by atoms with Gasteiger partial charge in [-0.05, 0) is 29.8 Å². The second kappa shape index (κ2) is 4.71. The molecule has 1 atom stereocenters.